The Hall–Kier alpha value is -1.33. The van der Waals surface area contributed by atoms with E-state index in [0.717, 1.165) is 5.56 Å². The van der Waals surface area contributed by atoms with Gasteiger partial charge in [-0.25, -0.2) is 0 Å². The number of aliphatic hydroxyl groups is 1. The molecule has 0 radical (unpaired) electrons. The lowest BCUT2D eigenvalue weighted by molar-refractivity contribution is -0.145. The Kier molecular flexibility index (Phi) is 4.52. The quantitative estimate of drug-likeness (QED) is 0.696. The molecule has 1 aromatic heterocycles. The molecule has 0 aliphatic heterocycles. The van der Waals surface area contributed by atoms with Crippen molar-refractivity contribution in [2.45, 2.75) is 25.6 Å². The normalized spacial score (nSPS) is 14.5. The maximum atomic E-state index is 11.3. The number of hydrogen-bond acceptors (Lipinski definition) is 4. The molecule has 1 aromatic rings. The topological polar surface area (TPSA) is 63.5 Å². The van der Waals surface area contributed by atoms with Gasteiger partial charge in [-0.2, -0.15) is 0 Å². The average Bonchev–Trinajstić information content (AvgIpc) is 2.63. The molecule has 90 valence electrons. The van der Waals surface area contributed by atoms with Crippen molar-refractivity contribution in [3.63, 3.8) is 0 Å². The van der Waals surface area contributed by atoms with Crippen LogP contribution in [-0.4, -0.2) is 34.9 Å². The molecule has 5 heteroatoms. The molecule has 2 atom stereocenters. The van der Waals surface area contributed by atoms with Gasteiger partial charge in [0.15, 0.2) is 0 Å². The molecule has 2 N–H and O–H groups in total. The van der Waals surface area contributed by atoms with E-state index < -0.39 is 18.1 Å². The summed E-state index contributed by atoms with van der Waals surface area (Å²) in [6.45, 7) is 2.07. The second-order valence-electron chi connectivity index (χ2n) is 3.81. The summed E-state index contributed by atoms with van der Waals surface area (Å²) in [5, 5.41) is 12.4. The van der Waals surface area contributed by atoms with E-state index in [1.807, 2.05) is 30.1 Å². The predicted octanol–water partition coefficient (Wildman–Crippen LogP) is 0.0371. The molecule has 0 amide bonds. The van der Waals surface area contributed by atoms with Crippen LogP contribution in [0.25, 0.3) is 0 Å². The summed E-state index contributed by atoms with van der Waals surface area (Å²) >= 11 is 0. The Morgan fingerprint density at radius 1 is 1.69 bits per heavy atom. The van der Waals surface area contributed by atoms with E-state index in [0.29, 0.717) is 6.54 Å². The molecule has 0 fully saturated rings. The minimum Gasteiger partial charge on any atom is -0.468 e. The summed E-state index contributed by atoms with van der Waals surface area (Å²) in [4.78, 5) is 11.3. The van der Waals surface area contributed by atoms with Crippen LogP contribution in [0.5, 0.6) is 0 Å². The first-order valence-corrected chi connectivity index (χ1v) is 5.14. The lowest BCUT2D eigenvalue weighted by Crippen LogP contribution is -2.45. The first-order valence-electron chi connectivity index (χ1n) is 5.14. The van der Waals surface area contributed by atoms with Crippen molar-refractivity contribution < 1.29 is 14.6 Å². The molecule has 0 aliphatic rings. The maximum absolute atomic E-state index is 11.3. The predicted molar refractivity (Wildman–Crippen MR) is 59.7 cm³/mol. The van der Waals surface area contributed by atoms with Crippen molar-refractivity contribution in [2.75, 3.05) is 7.11 Å². The molecule has 1 heterocycles. The van der Waals surface area contributed by atoms with Gasteiger partial charge in [-0.05, 0) is 18.6 Å². The van der Waals surface area contributed by atoms with E-state index in [1.54, 1.807) is 6.92 Å². The minimum atomic E-state index is -0.781. The van der Waals surface area contributed by atoms with Gasteiger partial charge in [0.25, 0.3) is 0 Å². The number of methoxy groups -OCH3 is 1. The number of hydrogen-bond donors (Lipinski definition) is 2. The second-order valence-corrected chi connectivity index (χ2v) is 3.81. The second kappa shape index (κ2) is 5.67. The highest BCUT2D eigenvalue weighted by atomic mass is 16.5. The van der Waals surface area contributed by atoms with Gasteiger partial charge < -0.3 is 14.4 Å². The molecule has 0 saturated heterocycles. The fourth-order valence-electron chi connectivity index (χ4n) is 1.47. The van der Waals surface area contributed by atoms with Crippen LogP contribution < -0.4 is 5.32 Å². The molecule has 0 spiro atoms. The number of rotatable bonds is 5. The number of carbonyl (C=O) groups excluding carboxylic acids is 1. The van der Waals surface area contributed by atoms with Gasteiger partial charge in [0, 0.05) is 26.0 Å². The van der Waals surface area contributed by atoms with Crippen molar-refractivity contribution in [3.8, 4) is 0 Å². The van der Waals surface area contributed by atoms with Gasteiger partial charge in [-0.15, -0.1) is 0 Å². The van der Waals surface area contributed by atoms with Gasteiger partial charge in [-0.1, -0.05) is 0 Å². The Balaban J connectivity index is 2.53. The smallest absolute Gasteiger partial charge is 0.325 e. The highest BCUT2D eigenvalue weighted by Crippen LogP contribution is 2.02. The lowest BCUT2D eigenvalue weighted by Gasteiger charge is -2.18. The lowest BCUT2D eigenvalue weighted by atomic mass is 10.2. The summed E-state index contributed by atoms with van der Waals surface area (Å²) in [5.74, 6) is -0.453. The number of aryl methyl sites for hydroxylation is 1. The van der Waals surface area contributed by atoms with Gasteiger partial charge in [0.2, 0.25) is 0 Å². The van der Waals surface area contributed by atoms with Crippen LogP contribution in [-0.2, 0) is 23.1 Å². The number of aliphatic hydroxyl groups excluding tert-OH is 1. The van der Waals surface area contributed by atoms with Gasteiger partial charge >= 0.3 is 5.97 Å². The zero-order valence-corrected chi connectivity index (χ0v) is 9.80. The van der Waals surface area contributed by atoms with E-state index in [-0.39, 0.29) is 0 Å². The highest BCUT2D eigenvalue weighted by molar-refractivity contribution is 5.76. The van der Waals surface area contributed by atoms with Crippen molar-refractivity contribution in [3.05, 3.63) is 24.0 Å². The zero-order valence-electron chi connectivity index (χ0n) is 9.80. The summed E-state index contributed by atoms with van der Waals surface area (Å²) < 4.78 is 6.52. The molecule has 0 aromatic carbocycles. The highest BCUT2D eigenvalue weighted by Gasteiger charge is 2.23. The van der Waals surface area contributed by atoms with E-state index in [2.05, 4.69) is 10.1 Å². The van der Waals surface area contributed by atoms with Gasteiger partial charge in [0.1, 0.15) is 6.04 Å². The van der Waals surface area contributed by atoms with Crippen LogP contribution >= 0.6 is 0 Å². The van der Waals surface area contributed by atoms with Gasteiger partial charge in [0.05, 0.1) is 13.2 Å². The molecular formula is C11H18N2O3. The van der Waals surface area contributed by atoms with Gasteiger partial charge in [-0.3, -0.25) is 10.1 Å². The number of carbonyl (C=O) groups is 1. The van der Waals surface area contributed by atoms with Crippen molar-refractivity contribution >= 4 is 5.97 Å². The van der Waals surface area contributed by atoms with Crippen molar-refractivity contribution in [2.24, 2.45) is 7.05 Å². The number of aromatic nitrogens is 1. The number of esters is 1. The molecule has 1 rings (SSSR count). The van der Waals surface area contributed by atoms with Crippen molar-refractivity contribution in [1.29, 1.82) is 0 Å². The summed E-state index contributed by atoms with van der Waals surface area (Å²) in [7, 11) is 3.23. The molecule has 5 nitrogen and oxygen atoms in total. The average molecular weight is 226 g/mol. The molecular weight excluding hydrogens is 208 g/mol. The van der Waals surface area contributed by atoms with E-state index in [4.69, 9.17) is 0 Å². The third-order valence-corrected chi connectivity index (χ3v) is 2.36. The fraction of sp³-hybridized carbons (Fsp3) is 0.545. The van der Waals surface area contributed by atoms with Crippen LogP contribution in [0.15, 0.2) is 18.5 Å². The standard InChI is InChI=1S/C11H18N2O3/c1-8(14)10(11(15)16-3)12-6-9-4-5-13(2)7-9/h4-5,7-8,10,12,14H,6H2,1-3H3/t8-,10+/m0/s1. The van der Waals surface area contributed by atoms with Crippen molar-refractivity contribution in [1.82, 2.24) is 9.88 Å². The fourth-order valence-corrected chi connectivity index (χ4v) is 1.47. The maximum Gasteiger partial charge on any atom is 0.325 e. The van der Waals surface area contributed by atoms with E-state index >= 15 is 0 Å². The van der Waals surface area contributed by atoms with Crippen LogP contribution in [0.3, 0.4) is 0 Å². The Labute approximate surface area is 95.0 Å². The molecule has 0 bridgehead atoms. The summed E-state index contributed by atoms with van der Waals surface area (Å²) in [6, 6.07) is 1.26. The summed E-state index contributed by atoms with van der Waals surface area (Å²) in [6.07, 6.45) is 3.09. The van der Waals surface area contributed by atoms with E-state index in [9.17, 15) is 9.90 Å². The zero-order chi connectivity index (χ0) is 12.1. The van der Waals surface area contributed by atoms with Crippen LogP contribution in [0.4, 0.5) is 0 Å². The van der Waals surface area contributed by atoms with Crippen LogP contribution in [0, 0.1) is 0 Å². The first-order chi connectivity index (χ1) is 7.54. The molecule has 0 saturated carbocycles. The largest absolute Gasteiger partial charge is 0.468 e. The minimum absolute atomic E-state index is 0.453. The summed E-state index contributed by atoms with van der Waals surface area (Å²) in [5.41, 5.74) is 1.05. The number of nitrogens with zero attached hydrogens (tertiary/aromatic N) is 1. The number of ether oxygens (including phenoxy) is 1. The third-order valence-electron chi connectivity index (χ3n) is 2.36. The van der Waals surface area contributed by atoms with Crippen LogP contribution in [0.1, 0.15) is 12.5 Å². The molecule has 0 aliphatic carbocycles. The SMILES string of the molecule is COC(=O)[C@H](NCc1ccn(C)c1)[C@H](C)O. The molecule has 0 unspecified atom stereocenters. The molecule has 16 heavy (non-hydrogen) atoms. The Bertz CT molecular complexity index is 347. The number of nitrogens with one attached hydrogen (secondary N) is 1. The van der Waals surface area contributed by atoms with Crippen LogP contribution in [0.2, 0.25) is 0 Å². The van der Waals surface area contributed by atoms with E-state index in [1.165, 1.54) is 7.11 Å². The monoisotopic (exact) mass is 226 g/mol. The first kappa shape index (κ1) is 12.7. The third kappa shape index (κ3) is 3.36. The Morgan fingerprint density at radius 2 is 2.38 bits per heavy atom. The Morgan fingerprint density at radius 3 is 2.81 bits per heavy atom.